The zero-order valence-electron chi connectivity index (χ0n) is 14.0. The fraction of sp³-hybridized carbons (Fsp3) is 0.278. The number of carbonyl (C=O) groups is 3. The van der Waals surface area contributed by atoms with Crippen LogP contribution in [0.3, 0.4) is 0 Å². The number of carbonyl (C=O) groups excluding carboxylic acids is 2. The first-order chi connectivity index (χ1) is 12.3. The number of hydrogen-bond acceptors (Lipinski definition) is 4. The number of likely N-dealkylation sites (tertiary alicyclic amines) is 1. The van der Waals surface area contributed by atoms with Gasteiger partial charge in [0.15, 0.2) is 0 Å². The normalized spacial score (nSPS) is 19.4. The van der Waals surface area contributed by atoms with Gasteiger partial charge >= 0.3 is 5.97 Å². The molecule has 1 aliphatic rings. The average molecular weight is 393 g/mol. The number of hydrogen-bond donors (Lipinski definition) is 2. The molecular weight excluding hydrogens is 376 g/mol. The minimum atomic E-state index is -1.23. The number of aliphatic carboxylic acids is 1. The highest BCUT2D eigenvalue weighted by Gasteiger charge is 2.46. The van der Waals surface area contributed by atoms with Crippen LogP contribution in [-0.2, 0) is 4.79 Å². The van der Waals surface area contributed by atoms with Crippen LogP contribution in [0, 0.1) is 0 Å². The van der Waals surface area contributed by atoms with Gasteiger partial charge in [0.25, 0.3) is 11.8 Å². The molecule has 0 spiro atoms. The summed E-state index contributed by atoms with van der Waals surface area (Å²) in [5.41, 5.74) is -0.630. The molecule has 1 unspecified atom stereocenters. The number of nitrogens with one attached hydrogen (secondary N) is 1. The van der Waals surface area contributed by atoms with Crippen molar-refractivity contribution in [3.63, 3.8) is 0 Å². The van der Waals surface area contributed by atoms with Gasteiger partial charge in [0, 0.05) is 12.1 Å². The van der Waals surface area contributed by atoms with Crippen LogP contribution in [0.25, 0.3) is 0 Å². The highest BCUT2D eigenvalue weighted by Crippen LogP contribution is 2.32. The summed E-state index contributed by atoms with van der Waals surface area (Å²) >= 11 is 7.44. The molecule has 0 radical (unpaired) electrons. The Morgan fingerprint density at radius 1 is 1.31 bits per heavy atom. The van der Waals surface area contributed by atoms with E-state index in [-0.39, 0.29) is 11.5 Å². The van der Waals surface area contributed by atoms with Gasteiger partial charge in [0.1, 0.15) is 5.54 Å². The monoisotopic (exact) mass is 392 g/mol. The van der Waals surface area contributed by atoms with E-state index in [9.17, 15) is 19.5 Å². The molecule has 0 aliphatic carbocycles. The lowest BCUT2D eigenvalue weighted by molar-refractivity contribution is -0.147. The minimum absolute atomic E-state index is 0.283. The lowest BCUT2D eigenvalue weighted by Gasteiger charge is -2.31. The largest absolute Gasteiger partial charge is 0.480 e. The number of nitrogens with zero attached hydrogens (tertiary/aromatic N) is 1. The second-order valence-electron chi connectivity index (χ2n) is 6.27. The molecule has 8 heteroatoms. The number of carboxylic acids is 1. The Balaban J connectivity index is 1.86. The topological polar surface area (TPSA) is 86.7 Å². The van der Waals surface area contributed by atoms with Gasteiger partial charge in [0.05, 0.1) is 15.6 Å². The van der Waals surface area contributed by atoms with Crippen LogP contribution < -0.4 is 5.32 Å². The fourth-order valence-corrected chi connectivity index (χ4v) is 3.80. The van der Waals surface area contributed by atoms with E-state index in [0.29, 0.717) is 35.0 Å². The quantitative estimate of drug-likeness (QED) is 0.829. The second kappa shape index (κ2) is 7.09. The lowest BCUT2D eigenvalue weighted by atomic mass is 9.98. The number of benzene rings is 1. The lowest BCUT2D eigenvalue weighted by Crippen LogP contribution is -2.50. The van der Waals surface area contributed by atoms with Gasteiger partial charge < -0.3 is 15.3 Å². The highest BCUT2D eigenvalue weighted by atomic mass is 35.5. The molecule has 136 valence electrons. The van der Waals surface area contributed by atoms with Crippen molar-refractivity contribution < 1.29 is 19.5 Å². The van der Waals surface area contributed by atoms with Gasteiger partial charge in [-0.25, -0.2) is 4.79 Å². The van der Waals surface area contributed by atoms with Crippen LogP contribution in [0.1, 0.15) is 39.8 Å². The third-order valence-corrected chi connectivity index (χ3v) is 5.75. The molecule has 3 rings (SSSR count). The molecule has 1 saturated heterocycles. The van der Waals surface area contributed by atoms with Gasteiger partial charge in [-0.1, -0.05) is 17.7 Å². The standard InChI is InChI=1S/C18H17ClN2O4S/c1-18(17(24)25)7-3-8-21(18)16(23)11-5-6-12(19)13(10-11)20-15(22)14-4-2-9-26-14/h2,4-6,9-10H,3,7-8H2,1H3,(H,20,22)(H,24,25). The van der Waals surface area contributed by atoms with Crippen molar-refractivity contribution in [2.45, 2.75) is 25.3 Å². The van der Waals surface area contributed by atoms with Gasteiger partial charge in [-0.15, -0.1) is 11.3 Å². The Labute approximate surface area is 159 Å². The maximum absolute atomic E-state index is 12.9. The van der Waals surface area contributed by atoms with Crippen molar-refractivity contribution in [3.8, 4) is 0 Å². The van der Waals surface area contributed by atoms with Crippen LogP contribution in [0.15, 0.2) is 35.7 Å². The second-order valence-corrected chi connectivity index (χ2v) is 7.62. The van der Waals surface area contributed by atoms with Crippen LogP contribution in [-0.4, -0.2) is 39.9 Å². The van der Waals surface area contributed by atoms with Crippen molar-refractivity contribution in [2.75, 3.05) is 11.9 Å². The summed E-state index contributed by atoms with van der Waals surface area (Å²) in [6, 6.07) is 7.99. The average Bonchev–Trinajstić information content (AvgIpc) is 3.26. The van der Waals surface area contributed by atoms with Crippen molar-refractivity contribution in [3.05, 3.63) is 51.2 Å². The molecule has 2 amide bonds. The summed E-state index contributed by atoms with van der Waals surface area (Å²) in [4.78, 5) is 38.6. The predicted octanol–water partition coefficient (Wildman–Crippen LogP) is 3.73. The van der Waals surface area contributed by atoms with Crippen LogP contribution in [0.4, 0.5) is 5.69 Å². The fourth-order valence-electron chi connectivity index (χ4n) is 3.01. The molecule has 2 aromatic rings. The van der Waals surface area contributed by atoms with E-state index < -0.39 is 17.4 Å². The SMILES string of the molecule is CC1(C(=O)O)CCCN1C(=O)c1ccc(Cl)c(NC(=O)c2cccs2)c1. The summed E-state index contributed by atoms with van der Waals surface area (Å²) in [7, 11) is 0. The van der Waals surface area contributed by atoms with Crippen LogP contribution >= 0.6 is 22.9 Å². The minimum Gasteiger partial charge on any atom is -0.480 e. The first kappa shape index (κ1) is 18.4. The molecule has 2 heterocycles. The van der Waals surface area contributed by atoms with Gasteiger partial charge in [-0.05, 0) is 49.4 Å². The van der Waals surface area contributed by atoms with E-state index in [1.807, 2.05) is 0 Å². The van der Waals surface area contributed by atoms with E-state index in [2.05, 4.69) is 5.32 Å². The van der Waals surface area contributed by atoms with Crippen molar-refractivity contribution in [2.24, 2.45) is 0 Å². The molecule has 2 N–H and O–H groups in total. The Morgan fingerprint density at radius 2 is 2.08 bits per heavy atom. The van der Waals surface area contributed by atoms with Crippen LogP contribution in [0.5, 0.6) is 0 Å². The number of anilines is 1. The summed E-state index contributed by atoms with van der Waals surface area (Å²) < 4.78 is 0. The van der Waals surface area contributed by atoms with E-state index in [4.69, 9.17) is 11.6 Å². The van der Waals surface area contributed by atoms with Crippen LogP contribution in [0.2, 0.25) is 5.02 Å². The summed E-state index contributed by atoms with van der Waals surface area (Å²) in [6.07, 6.45) is 1.04. The van der Waals surface area contributed by atoms with Crippen molar-refractivity contribution >= 4 is 46.4 Å². The van der Waals surface area contributed by atoms with E-state index >= 15 is 0 Å². The Hall–Kier alpha value is -2.38. The van der Waals surface area contributed by atoms with Gasteiger partial charge in [-0.3, -0.25) is 9.59 Å². The molecule has 0 bridgehead atoms. The number of rotatable bonds is 4. The summed E-state index contributed by atoms with van der Waals surface area (Å²) in [6.45, 7) is 1.93. The maximum atomic E-state index is 12.9. The van der Waals surface area contributed by atoms with Crippen molar-refractivity contribution in [1.29, 1.82) is 0 Å². The Kier molecular flexibility index (Phi) is 5.02. The van der Waals surface area contributed by atoms with E-state index in [1.54, 1.807) is 24.4 Å². The molecule has 1 aliphatic heterocycles. The molecule has 1 aromatic carbocycles. The molecule has 1 aromatic heterocycles. The zero-order chi connectivity index (χ0) is 18.9. The predicted molar refractivity (Wildman–Crippen MR) is 100 cm³/mol. The number of thiophene rings is 1. The summed E-state index contributed by atoms with van der Waals surface area (Å²) in [5.74, 6) is -1.73. The summed E-state index contributed by atoms with van der Waals surface area (Å²) in [5, 5.41) is 14.3. The third kappa shape index (κ3) is 3.32. The number of halogens is 1. The molecular formula is C18H17ClN2O4S. The molecule has 26 heavy (non-hydrogen) atoms. The highest BCUT2D eigenvalue weighted by molar-refractivity contribution is 7.12. The van der Waals surface area contributed by atoms with Gasteiger partial charge in [0.2, 0.25) is 0 Å². The first-order valence-corrected chi connectivity index (χ1v) is 9.28. The number of carboxylic acid groups (broad SMARTS) is 1. The zero-order valence-corrected chi connectivity index (χ0v) is 15.6. The van der Waals surface area contributed by atoms with E-state index in [1.165, 1.54) is 34.4 Å². The Bertz CT molecular complexity index is 868. The third-order valence-electron chi connectivity index (χ3n) is 4.55. The molecule has 1 fully saturated rings. The maximum Gasteiger partial charge on any atom is 0.329 e. The first-order valence-electron chi connectivity index (χ1n) is 8.03. The smallest absolute Gasteiger partial charge is 0.329 e. The molecule has 6 nitrogen and oxygen atoms in total. The number of amides is 2. The molecule has 0 saturated carbocycles. The molecule has 1 atom stereocenters. The van der Waals surface area contributed by atoms with E-state index in [0.717, 1.165) is 0 Å². The Morgan fingerprint density at radius 3 is 2.73 bits per heavy atom. The van der Waals surface area contributed by atoms with Gasteiger partial charge in [-0.2, -0.15) is 0 Å². The van der Waals surface area contributed by atoms with Crippen molar-refractivity contribution in [1.82, 2.24) is 4.90 Å².